The maximum atomic E-state index is 2.37. The molecular formula is C10H20. The second kappa shape index (κ2) is 2.56. The third kappa shape index (κ3) is 1.74. The van der Waals surface area contributed by atoms with Gasteiger partial charge < -0.3 is 0 Å². The van der Waals surface area contributed by atoms with E-state index < -0.39 is 0 Å². The quantitative estimate of drug-likeness (QED) is 0.551. The fourth-order valence-corrected chi connectivity index (χ4v) is 2.00. The van der Waals surface area contributed by atoms with Crippen molar-refractivity contribution in [2.75, 3.05) is 0 Å². The van der Waals surface area contributed by atoms with Crippen LogP contribution in [0, 0.1) is 17.3 Å². The average molecular weight is 140 g/mol. The minimum atomic E-state index is 0.583. The van der Waals surface area contributed by atoms with Crippen LogP contribution in [0.3, 0.4) is 0 Å². The van der Waals surface area contributed by atoms with E-state index in [1.165, 1.54) is 19.3 Å². The maximum absolute atomic E-state index is 2.37. The summed E-state index contributed by atoms with van der Waals surface area (Å²) in [6, 6.07) is 0. The van der Waals surface area contributed by atoms with Crippen LogP contribution in [-0.2, 0) is 0 Å². The maximum Gasteiger partial charge on any atom is -0.0334 e. The fraction of sp³-hybridized carbons (Fsp3) is 1.00. The van der Waals surface area contributed by atoms with Gasteiger partial charge in [-0.25, -0.2) is 0 Å². The third-order valence-electron chi connectivity index (χ3n) is 2.69. The Labute approximate surface area is 65.0 Å². The summed E-state index contributed by atoms with van der Waals surface area (Å²) in [5, 5.41) is 0. The van der Waals surface area contributed by atoms with Crippen molar-refractivity contribution in [2.24, 2.45) is 17.3 Å². The Morgan fingerprint density at radius 1 is 1.30 bits per heavy atom. The molecule has 1 aliphatic rings. The molecule has 2 atom stereocenters. The monoisotopic (exact) mass is 140 g/mol. The van der Waals surface area contributed by atoms with Gasteiger partial charge in [0.05, 0.1) is 0 Å². The van der Waals surface area contributed by atoms with E-state index in [0.29, 0.717) is 5.41 Å². The van der Waals surface area contributed by atoms with Crippen molar-refractivity contribution in [3.8, 4) is 0 Å². The van der Waals surface area contributed by atoms with E-state index in [9.17, 15) is 0 Å². The van der Waals surface area contributed by atoms with Gasteiger partial charge in [0.25, 0.3) is 0 Å². The molecule has 0 radical (unpaired) electrons. The van der Waals surface area contributed by atoms with Gasteiger partial charge in [-0.05, 0) is 23.7 Å². The van der Waals surface area contributed by atoms with Gasteiger partial charge in [-0.1, -0.05) is 40.5 Å². The SMILES string of the molecule is CCCC1CC1C(C)(C)C. The molecule has 1 fully saturated rings. The summed E-state index contributed by atoms with van der Waals surface area (Å²) >= 11 is 0. The molecule has 10 heavy (non-hydrogen) atoms. The summed E-state index contributed by atoms with van der Waals surface area (Å²) in [4.78, 5) is 0. The van der Waals surface area contributed by atoms with Gasteiger partial charge >= 0.3 is 0 Å². The van der Waals surface area contributed by atoms with Crippen molar-refractivity contribution in [3.63, 3.8) is 0 Å². The van der Waals surface area contributed by atoms with Crippen molar-refractivity contribution in [2.45, 2.75) is 47.0 Å². The van der Waals surface area contributed by atoms with Crippen molar-refractivity contribution in [3.05, 3.63) is 0 Å². The number of hydrogen-bond donors (Lipinski definition) is 0. The van der Waals surface area contributed by atoms with Crippen molar-refractivity contribution < 1.29 is 0 Å². The molecule has 0 aromatic carbocycles. The largest absolute Gasteiger partial charge is 0.0654 e. The van der Waals surface area contributed by atoms with Crippen molar-refractivity contribution >= 4 is 0 Å². The van der Waals surface area contributed by atoms with Crippen LogP contribution in [0.5, 0.6) is 0 Å². The number of rotatable bonds is 2. The van der Waals surface area contributed by atoms with Crippen LogP contribution in [0.4, 0.5) is 0 Å². The highest BCUT2D eigenvalue weighted by Crippen LogP contribution is 2.52. The van der Waals surface area contributed by atoms with Crippen LogP contribution in [0.2, 0.25) is 0 Å². The van der Waals surface area contributed by atoms with Crippen LogP contribution in [-0.4, -0.2) is 0 Å². The molecule has 1 aliphatic carbocycles. The zero-order valence-corrected chi connectivity index (χ0v) is 7.78. The Kier molecular flexibility index (Phi) is 2.07. The molecule has 0 heteroatoms. The second-order valence-electron chi connectivity index (χ2n) is 4.76. The smallest absolute Gasteiger partial charge is 0.0334 e. The van der Waals surface area contributed by atoms with Crippen molar-refractivity contribution in [1.29, 1.82) is 0 Å². The van der Waals surface area contributed by atoms with Gasteiger partial charge in [0.2, 0.25) is 0 Å². The van der Waals surface area contributed by atoms with E-state index >= 15 is 0 Å². The zero-order valence-electron chi connectivity index (χ0n) is 7.78. The van der Waals surface area contributed by atoms with Gasteiger partial charge in [-0.2, -0.15) is 0 Å². The molecule has 0 nitrogen and oxygen atoms in total. The van der Waals surface area contributed by atoms with Crippen LogP contribution in [0.15, 0.2) is 0 Å². The Morgan fingerprint density at radius 3 is 2.20 bits per heavy atom. The van der Waals surface area contributed by atoms with Crippen LogP contribution < -0.4 is 0 Å². The fourth-order valence-electron chi connectivity index (χ4n) is 2.00. The molecule has 0 spiro atoms. The van der Waals surface area contributed by atoms with E-state index in [0.717, 1.165) is 11.8 Å². The molecule has 60 valence electrons. The van der Waals surface area contributed by atoms with E-state index in [-0.39, 0.29) is 0 Å². The lowest BCUT2D eigenvalue weighted by atomic mass is 9.88. The summed E-state index contributed by atoms with van der Waals surface area (Å²) in [5.41, 5.74) is 0.583. The lowest BCUT2D eigenvalue weighted by Gasteiger charge is -2.17. The normalized spacial score (nSPS) is 32.4. The molecular weight excluding hydrogens is 120 g/mol. The molecule has 0 amide bonds. The molecule has 0 aliphatic heterocycles. The molecule has 0 bridgehead atoms. The first-order valence-corrected chi connectivity index (χ1v) is 4.55. The molecule has 1 rings (SSSR count). The van der Waals surface area contributed by atoms with Gasteiger partial charge in [0.1, 0.15) is 0 Å². The lowest BCUT2D eigenvalue weighted by Crippen LogP contribution is -2.09. The lowest BCUT2D eigenvalue weighted by molar-refractivity contribution is 0.325. The summed E-state index contributed by atoms with van der Waals surface area (Å²) in [6.45, 7) is 9.39. The Bertz CT molecular complexity index is 108. The second-order valence-corrected chi connectivity index (χ2v) is 4.76. The van der Waals surface area contributed by atoms with Crippen LogP contribution >= 0.6 is 0 Å². The highest BCUT2D eigenvalue weighted by Gasteiger charge is 2.43. The first-order chi connectivity index (χ1) is 4.55. The van der Waals surface area contributed by atoms with Gasteiger partial charge in [0, 0.05) is 0 Å². The summed E-state index contributed by atoms with van der Waals surface area (Å²) in [6.07, 6.45) is 4.33. The topological polar surface area (TPSA) is 0 Å². The van der Waals surface area contributed by atoms with Crippen molar-refractivity contribution in [1.82, 2.24) is 0 Å². The molecule has 0 N–H and O–H groups in total. The zero-order chi connectivity index (χ0) is 7.78. The summed E-state index contributed by atoms with van der Waals surface area (Å²) in [5.74, 6) is 2.11. The van der Waals surface area contributed by atoms with E-state index in [4.69, 9.17) is 0 Å². The van der Waals surface area contributed by atoms with E-state index in [1.54, 1.807) is 0 Å². The summed E-state index contributed by atoms with van der Waals surface area (Å²) < 4.78 is 0. The minimum Gasteiger partial charge on any atom is -0.0654 e. The number of hydrogen-bond acceptors (Lipinski definition) is 0. The summed E-state index contributed by atoms with van der Waals surface area (Å²) in [7, 11) is 0. The highest BCUT2D eigenvalue weighted by molar-refractivity contribution is 4.93. The van der Waals surface area contributed by atoms with Crippen LogP contribution in [0.1, 0.15) is 47.0 Å². The standard InChI is InChI=1S/C10H20/c1-5-6-8-7-9(8)10(2,3)4/h8-9H,5-7H2,1-4H3. The van der Waals surface area contributed by atoms with Crippen LogP contribution in [0.25, 0.3) is 0 Å². The minimum absolute atomic E-state index is 0.583. The first kappa shape index (κ1) is 8.10. The average Bonchev–Trinajstić information content (AvgIpc) is 2.44. The molecule has 0 saturated heterocycles. The Hall–Kier alpha value is 0. The molecule has 1 saturated carbocycles. The van der Waals surface area contributed by atoms with E-state index in [1.807, 2.05) is 0 Å². The predicted molar refractivity (Wildman–Crippen MR) is 46.0 cm³/mol. The van der Waals surface area contributed by atoms with Gasteiger partial charge in [0.15, 0.2) is 0 Å². The molecule has 0 aromatic rings. The molecule has 2 unspecified atom stereocenters. The predicted octanol–water partition coefficient (Wildman–Crippen LogP) is 3.47. The third-order valence-corrected chi connectivity index (χ3v) is 2.69. The Morgan fingerprint density at radius 2 is 1.90 bits per heavy atom. The van der Waals surface area contributed by atoms with E-state index in [2.05, 4.69) is 27.7 Å². The molecule has 0 aromatic heterocycles. The highest BCUT2D eigenvalue weighted by atomic mass is 14.5. The molecule has 0 heterocycles. The first-order valence-electron chi connectivity index (χ1n) is 4.55. The van der Waals surface area contributed by atoms with Gasteiger partial charge in [-0.15, -0.1) is 0 Å². The van der Waals surface area contributed by atoms with Gasteiger partial charge in [-0.3, -0.25) is 0 Å². The Balaban J connectivity index is 2.25.